The van der Waals surface area contributed by atoms with Gasteiger partial charge in [-0.3, -0.25) is 4.79 Å². The van der Waals surface area contributed by atoms with Crippen molar-refractivity contribution in [2.75, 3.05) is 0 Å². The van der Waals surface area contributed by atoms with E-state index in [1.54, 1.807) is 6.92 Å². The van der Waals surface area contributed by atoms with Crippen LogP contribution in [0.5, 0.6) is 0 Å². The maximum absolute atomic E-state index is 13.0. The number of benzene rings is 1. The van der Waals surface area contributed by atoms with Crippen molar-refractivity contribution in [3.8, 4) is 0 Å². The lowest BCUT2D eigenvalue weighted by atomic mass is 9.96. The highest BCUT2D eigenvalue weighted by Crippen LogP contribution is 2.29. The molecule has 0 aliphatic rings. The summed E-state index contributed by atoms with van der Waals surface area (Å²) in [7, 11) is 0. The first-order chi connectivity index (χ1) is 7.41. The van der Waals surface area contributed by atoms with Gasteiger partial charge in [-0.25, -0.2) is 8.78 Å². The first kappa shape index (κ1) is 12.9. The highest BCUT2D eigenvalue weighted by atomic mass is 35.5. The molecule has 1 aromatic rings. The molecule has 0 amide bonds. The largest absolute Gasteiger partial charge is 0.481 e. The third-order valence-electron chi connectivity index (χ3n) is 2.36. The molecule has 88 valence electrons. The average molecular weight is 249 g/mol. The molecule has 1 N–H and O–H groups in total. The second-order valence-corrected chi connectivity index (χ2v) is 4.03. The van der Waals surface area contributed by atoms with Crippen molar-refractivity contribution in [2.24, 2.45) is 0 Å². The van der Waals surface area contributed by atoms with Gasteiger partial charge >= 0.3 is 5.97 Å². The molecule has 0 saturated heterocycles. The van der Waals surface area contributed by atoms with E-state index < -0.39 is 17.6 Å². The average Bonchev–Trinajstić information content (AvgIpc) is 2.20. The lowest BCUT2D eigenvalue weighted by molar-refractivity contribution is -0.137. The second kappa shape index (κ2) is 5.25. The van der Waals surface area contributed by atoms with Crippen LogP contribution in [-0.4, -0.2) is 11.1 Å². The van der Waals surface area contributed by atoms with Gasteiger partial charge in [0.2, 0.25) is 0 Å². The Morgan fingerprint density at radius 2 is 2.00 bits per heavy atom. The summed E-state index contributed by atoms with van der Waals surface area (Å²) in [5.74, 6) is -3.12. The minimum atomic E-state index is -1.00. The summed E-state index contributed by atoms with van der Waals surface area (Å²) in [5, 5.41) is 8.63. The Kier molecular flexibility index (Phi) is 4.24. The van der Waals surface area contributed by atoms with Gasteiger partial charge in [0.25, 0.3) is 0 Å². The van der Waals surface area contributed by atoms with Crippen LogP contribution in [0.15, 0.2) is 12.1 Å². The summed E-state index contributed by atoms with van der Waals surface area (Å²) in [4.78, 5) is 10.4. The van der Waals surface area contributed by atoms with E-state index in [9.17, 15) is 13.6 Å². The van der Waals surface area contributed by atoms with Gasteiger partial charge in [0.1, 0.15) is 0 Å². The quantitative estimate of drug-likeness (QED) is 0.827. The molecule has 0 fully saturated rings. The van der Waals surface area contributed by atoms with E-state index in [0.29, 0.717) is 12.0 Å². The highest BCUT2D eigenvalue weighted by Gasteiger charge is 2.15. The first-order valence-corrected chi connectivity index (χ1v) is 5.16. The molecule has 0 radical (unpaired) electrons. The van der Waals surface area contributed by atoms with Crippen LogP contribution in [0.4, 0.5) is 8.78 Å². The summed E-state index contributed by atoms with van der Waals surface area (Å²) in [6.07, 6.45) is 0.302. The van der Waals surface area contributed by atoms with Gasteiger partial charge in [-0.2, -0.15) is 0 Å². The van der Waals surface area contributed by atoms with Gasteiger partial charge < -0.3 is 5.11 Å². The van der Waals surface area contributed by atoms with Crippen LogP contribution in [0.2, 0.25) is 5.02 Å². The molecule has 1 unspecified atom stereocenters. The minimum absolute atomic E-state index is 0.0313. The number of rotatable bonds is 4. The number of carboxylic acids is 1. The number of hydrogen-bond donors (Lipinski definition) is 1. The van der Waals surface area contributed by atoms with Crippen molar-refractivity contribution in [3.05, 3.63) is 34.4 Å². The maximum Gasteiger partial charge on any atom is 0.303 e. The van der Waals surface area contributed by atoms with Crippen LogP contribution in [0.25, 0.3) is 0 Å². The summed E-state index contributed by atoms with van der Waals surface area (Å²) in [6, 6.07) is 1.92. The fourth-order valence-corrected chi connectivity index (χ4v) is 1.75. The van der Waals surface area contributed by atoms with Crippen LogP contribution in [-0.2, 0) is 4.79 Å². The van der Waals surface area contributed by atoms with E-state index in [1.807, 2.05) is 0 Å². The van der Waals surface area contributed by atoms with E-state index >= 15 is 0 Å². The van der Waals surface area contributed by atoms with Gasteiger partial charge in [0, 0.05) is 11.4 Å². The van der Waals surface area contributed by atoms with E-state index in [-0.39, 0.29) is 17.4 Å². The molecule has 0 aromatic heterocycles. The Morgan fingerprint density at radius 3 is 2.56 bits per heavy atom. The smallest absolute Gasteiger partial charge is 0.303 e. The monoisotopic (exact) mass is 248 g/mol. The lowest BCUT2D eigenvalue weighted by Crippen LogP contribution is -2.02. The molecule has 5 heteroatoms. The van der Waals surface area contributed by atoms with Crippen LogP contribution < -0.4 is 0 Å². The zero-order valence-electron chi connectivity index (χ0n) is 8.64. The number of aliphatic carboxylic acids is 1. The predicted molar refractivity (Wildman–Crippen MR) is 56.7 cm³/mol. The molecular weight excluding hydrogens is 238 g/mol. The number of carbonyl (C=O) groups is 1. The molecule has 0 aliphatic carbocycles. The zero-order chi connectivity index (χ0) is 12.3. The lowest BCUT2D eigenvalue weighted by Gasteiger charge is -2.12. The molecule has 0 saturated carbocycles. The molecule has 1 atom stereocenters. The van der Waals surface area contributed by atoms with Crippen molar-refractivity contribution in [2.45, 2.75) is 25.7 Å². The van der Waals surface area contributed by atoms with Gasteiger partial charge in [0.15, 0.2) is 11.6 Å². The fraction of sp³-hybridized carbons (Fsp3) is 0.364. The summed E-state index contributed by atoms with van der Waals surface area (Å²) in [5.41, 5.74) is 0.432. The summed E-state index contributed by atoms with van der Waals surface area (Å²) in [6.45, 7) is 1.72. The van der Waals surface area contributed by atoms with Crippen molar-refractivity contribution in [1.29, 1.82) is 0 Å². The SMILES string of the molecule is CC(CCC(=O)O)c1cc(F)c(F)cc1Cl. The molecular formula is C11H11ClF2O2. The molecule has 0 spiro atoms. The standard InChI is InChI=1S/C11H11ClF2O2/c1-6(2-3-11(15)16)7-4-9(13)10(14)5-8(7)12/h4-6H,2-3H2,1H3,(H,15,16). The normalized spacial score (nSPS) is 12.5. The number of halogens is 3. The van der Waals surface area contributed by atoms with Crippen LogP contribution in [0.3, 0.4) is 0 Å². The Bertz CT molecular complexity index is 407. The molecule has 0 heterocycles. The van der Waals surface area contributed by atoms with Crippen molar-refractivity contribution in [3.63, 3.8) is 0 Å². The van der Waals surface area contributed by atoms with Gasteiger partial charge in [-0.05, 0) is 30.0 Å². The Hall–Kier alpha value is -1.16. The van der Waals surface area contributed by atoms with E-state index in [0.717, 1.165) is 12.1 Å². The van der Waals surface area contributed by atoms with Gasteiger partial charge in [0.05, 0.1) is 0 Å². The van der Waals surface area contributed by atoms with Crippen molar-refractivity contribution < 1.29 is 18.7 Å². The topological polar surface area (TPSA) is 37.3 Å². The molecule has 0 bridgehead atoms. The van der Waals surface area contributed by atoms with E-state index in [1.165, 1.54) is 0 Å². The van der Waals surface area contributed by atoms with Crippen molar-refractivity contribution >= 4 is 17.6 Å². The molecule has 1 rings (SSSR count). The highest BCUT2D eigenvalue weighted by molar-refractivity contribution is 6.31. The fourth-order valence-electron chi connectivity index (χ4n) is 1.41. The van der Waals surface area contributed by atoms with Crippen LogP contribution in [0.1, 0.15) is 31.2 Å². The molecule has 0 aliphatic heterocycles. The Morgan fingerprint density at radius 1 is 1.44 bits per heavy atom. The van der Waals surface area contributed by atoms with Crippen LogP contribution in [0, 0.1) is 11.6 Å². The first-order valence-electron chi connectivity index (χ1n) is 4.78. The minimum Gasteiger partial charge on any atom is -0.481 e. The summed E-state index contributed by atoms with van der Waals surface area (Å²) < 4.78 is 25.8. The number of carboxylic acid groups (broad SMARTS) is 1. The second-order valence-electron chi connectivity index (χ2n) is 3.62. The van der Waals surface area contributed by atoms with Crippen molar-refractivity contribution in [1.82, 2.24) is 0 Å². The molecule has 2 nitrogen and oxygen atoms in total. The van der Waals surface area contributed by atoms with Crippen LogP contribution >= 0.6 is 11.6 Å². The zero-order valence-corrected chi connectivity index (χ0v) is 9.39. The third kappa shape index (κ3) is 3.17. The Labute approximate surface area is 96.8 Å². The maximum atomic E-state index is 13.0. The molecule has 16 heavy (non-hydrogen) atoms. The number of hydrogen-bond acceptors (Lipinski definition) is 1. The summed E-state index contributed by atoms with van der Waals surface area (Å²) >= 11 is 5.76. The van der Waals surface area contributed by atoms with Gasteiger partial charge in [-0.15, -0.1) is 0 Å². The Balaban J connectivity index is 2.86. The van der Waals surface area contributed by atoms with E-state index in [2.05, 4.69) is 0 Å². The predicted octanol–water partition coefficient (Wildman–Crippen LogP) is 3.59. The van der Waals surface area contributed by atoms with Gasteiger partial charge in [-0.1, -0.05) is 18.5 Å². The molecule has 1 aromatic carbocycles. The van der Waals surface area contributed by atoms with E-state index in [4.69, 9.17) is 16.7 Å². The third-order valence-corrected chi connectivity index (χ3v) is 2.69.